The zero-order valence-corrected chi connectivity index (χ0v) is 9.02. The Kier molecular flexibility index (Phi) is 2.55. The average Bonchev–Trinajstić information content (AvgIpc) is 2.14. The van der Waals surface area contributed by atoms with E-state index in [0.29, 0.717) is 16.8 Å². The summed E-state index contributed by atoms with van der Waals surface area (Å²) in [6.45, 7) is 3.08. The van der Waals surface area contributed by atoms with E-state index in [2.05, 4.69) is 12.2 Å². The maximum atomic E-state index is 13.4. The van der Waals surface area contributed by atoms with Crippen LogP contribution in [0.15, 0.2) is 18.2 Å². The third-order valence-electron chi connectivity index (χ3n) is 3.26. The summed E-state index contributed by atoms with van der Waals surface area (Å²) in [7, 11) is 0. The fraction of sp³-hybridized carbons (Fsp3) is 0.500. The van der Waals surface area contributed by atoms with Gasteiger partial charge < -0.3 is 11.1 Å². The normalized spacial score (nSPS) is 18.3. The molecule has 0 bridgehead atoms. The summed E-state index contributed by atoms with van der Waals surface area (Å²) in [4.78, 5) is 0. The standard InChI is InChI=1S/C12H17FN2/c1-12(5-2-6-12)8-15-11-4-3-9(14)7-10(11)13/h3-4,7,15H,2,5-6,8,14H2,1H3. The van der Waals surface area contributed by atoms with Crippen LogP contribution < -0.4 is 11.1 Å². The number of benzene rings is 1. The van der Waals surface area contributed by atoms with Gasteiger partial charge in [-0.1, -0.05) is 13.3 Å². The molecule has 0 heterocycles. The van der Waals surface area contributed by atoms with Crippen molar-refractivity contribution in [3.63, 3.8) is 0 Å². The van der Waals surface area contributed by atoms with E-state index in [1.165, 1.54) is 25.3 Å². The second-order valence-electron chi connectivity index (χ2n) is 4.76. The summed E-state index contributed by atoms with van der Waals surface area (Å²) in [6.07, 6.45) is 3.76. The topological polar surface area (TPSA) is 38.0 Å². The van der Waals surface area contributed by atoms with Crippen LogP contribution in [0.5, 0.6) is 0 Å². The molecule has 1 fully saturated rings. The summed E-state index contributed by atoms with van der Waals surface area (Å²) in [5, 5.41) is 3.15. The quantitative estimate of drug-likeness (QED) is 0.749. The Labute approximate surface area is 89.7 Å². The van der Waals surface area contributed by atoms with E-state index in [1.54, 1.807) is 12.1 Å². The van der Waals surface area contributed by atoms with Gasteiger partial charge in [0.15, 0.2) is 0 Å². The summed E-state index contributed by atoms with van der Waals surface area (Å²) < 4.78 is 13.4. The SMILES string of the molecule is CC1(CNc2ccc(N)cc2F)CCC1. The molecule has 3 N–H and O–H groups in total. The van der Waals surface area contributed by atoms with E-state index < -0.39 is 0 Å². The van der Waals surface area contributed by atoms with Gasteiger partial charge in [-0.3, -0.25) is 0 Å². The van der Waals surface area contributed by atoms with Crippen LogP contribution in [-0.2, 0) is 0 Å². The van der Waals surface area contributed by atoms with Crippen molar-refractivity contribution in [2.24, 2.45) is 5.41 Å². The van der Waals surface area contributed by atoms with Crippen molar-refractivity contribution in [3.05, 3.63) is 24.0 Å². The lowest BCUT2D eigenvalue weighted by molar-refractivity contribution is 0.180. The fourth-order valence-electron chi connectivity index (χ4n) is 1.94. The Morgan fingerprint density at radius 1 is 1.47 bits per heavy atom. The van der Waals surface area contributed by atoms with Crippen molar-refractivity contribution in [1.29, 1.82) is 0 Å². The number of hydrogen-bond donors (Lipinski definition) is 2. The number of anilines is 2. The van der Waals surface area contributed by atoms with Crippen LogP contribution in [0.3, 0.4) is 0 Å². The first-order valence-corrected chi connectivity index (χ1v) is 5.38. The Morgan fingerprint density at radius 2 is 2.20 bits per heavy atom. The number of nitrogen functional groups attached to an aromatic ring is 1. The number of nitrogens with one attached hydrogen (secondary N) is 1. The summed E-state index contributed by atoms with van der Waals surface area (Å²) in [5.41, 5.74) is 6.85. The molecule has 0 atom stereocenters. The Balaban J connectivity index is 1.98. The maximum Gasteiger partial charge on any atom is 0.148 e. The zero-order chi connectivity index (χ0) is 10.9. The van der Waals surface area contributed by atoms with Gasteiger partial charge in [-0.2, -0.15) is 0 Å². The van der Waals surface area contributed by atoms with Gasteiger partial charge in [0, 0.05) is 12.2 Å². The highest BCUT2D eigenvalue weighted by Crippen LogP contribution is 2.40. The van der Waals surface area contributed by atoms with E-state index in [-0.39, 0.29) is 5.82 Å². The van der Waals surface area contributed by atoms with E-state index >= 15 is 0 Å². The summed E-state index contributed by atoms with van der Waals surface area (Å²) >= 11 is 0. The molecule has 15 heavy (non-hydrogen) atoms. The highest BCUT2D eigenvalue weighted by Gasteiger charge is 2.31. The van der Waals surface area contributed by atoms with Crippen molar-refractivity contribution in [3.8, 4) is 0 Å². The fourth-order valence-corrected chi connectivity index (χ4v) is 1.94. The minimum absolute atomic E-state index is 0.266. The lowest BCUT2D eigenvalue weighted by atomic mass is 9.70. The molecule has 0 aliphatic heterocycles. The molecule has 2 nitrogen and oxygen atoms in total. The predicted molar refractivity (Wildman–Crippen MR) is 61.3 cm³/mol. The molecule has 1 aliphatic rings. The van der Waals surface area contributed by atoms with Crippen LogP contribution in [0.2, 0.25) is 0 Å². The van der Waals surface area contributed by atoms with Gasteiger partial charge >= 0.3 is 0 Å². The van der Waals surface area contributed by atoms with Crippen LogP contribution in [-0.4, -0.2) is 6.54 Å². The van der Waals surface area contributed by atoms with Crippen LogP contribution >= 0.6 is 0 Å². The summed E-state index contributed by atoms with van der Waals surface area (Å²) in [6, 6.07) is 4.77. The van der Waals surface area contributed by atoms with Gasteiger partial charge in [0.05, 0.1) is 5.69 Å². The maximum absolute atomic E-state index is 13.4. The van der Waals surface area contributed by atoms with E-state index in [9.17, 15) is 4.39 Å². The van der Waals surface area contributed by atoms with E-state index in [0.717, 1.165) is 6.54 Å². The first-order chi connectivity index (χ1) is 7.09. The van der Waals surface area contributed by atoms with Crippen LogP contribution in [0.25, 0.3) is 0 Å². The monoisotopic (exact) mass is 208 g/mol. The molecule has 1 aromatic carbocycles. The van der Waals surface area contributed by atoms with E-state index in [1.807, 2.05) is 0 Å². The zero-order valence-electron chi connectivity index (χ0n) is 9.02. The van der Waals surface area contributed by atoms with Gasteiger partial charge in [0.25, 0.3) is 0 Å². The van der Waals surface area contributed by atoms with Crippen molar-refractivity contribution >= 4 is 11.4 Å². The smallest absolute Gasteiger partial charge is 0.148 e. The average molecular weight is 208 g/mol. The molecule has 0 unspecified atom stereocenters. The third kappa shape index (κ3) is 2.22. The molecule has 0 aromatic heterocycles. The number of nitrogens with two attached hydrogens (primary N) is 1. The van der Waals surface area contributed by atoms with Crippen molar-refractivity contribution < 1.29 is 4.39 Å². The highest BCUT2D eigenvalue weighted by atomic mass is 19.1. The molecular formula is C12H17FN2. The van der Waals surface area contributed by atoms with Gasteiger partial charge in [0.2, 0.25) is 0 Å². The lowest BCUT2D eigenvalue weighted by Crippen LogP contribution is -2.33. The molecule has 0 saturated heterocycles. The van der Waals surface area contributed by atoms with Gasteiger partial charge in [0.1, 0.15) is 5.82 Å². The number of rotatable bonds is 3. The minimum Gasteiger partial charge on any atom is -0.399 e. The minimum atomic E-state index is -0.266. The molecule has 2 rings (SSSR count). The van der Waals surface area contributed by atoms with Gasteiger partial charge in [-0.25, -0.2) is 4.39 Å². The van der Waals surface area contributed by atoms with Gasteiger partial charge in [-0.05, 0) is 36.5 Å². The Morgan fingerprint density at radius 3 is 2.73 bits per heavy atom. The number of halogens is 1. The molecule has 3 heteroatoms. The highest BCUT2D eigenvalue weighted by molar-refractivity contribution is 5.52. The molecule has 0 amide bonds. The second kappa shape index (κ2) is 3.72. The molecule has 1 aromatic rings. The van der Waals surface area contributed by atoms with Crippen LogP contribution in [0.4, 0.5) is 15.8 Å². The largest absolute Gasteiger partial charge is 0.399 e. The first kappa shape index (κ1) is 10.3. The lowest BCUT2D eigenvalue weighted by Gasteiger charge is -2.38. The van der Waals surface area contributed by atoms with Crippen molar-refractivity contribution in [2.45, 2.75) is 26.2 Å². The third-order valence-corrected chi connectivity index (χ3v) is 3.26. The molecule has 0 spiro atoms. The Hall–Kier alpha value is -1.25. The summed E-state index contributed by atoms with van der Waals surface area (Å²) in [5.74, 6) is -0.266. The van der Waals surface area contributed by atoms with Crippen LogP contribution in [0.1, 0.15) is 26.2 Å². The Bertz CT molecular complexity index is 359. The first-order valence-electron chi connectivity index (χ1n) is 5.38. The molecule has 0 radical (unpaired) electrons. The second-order valence-corrected chi connectivity index (χ2v) is 4.76. The predicted octanol–water partition coefficient (Wildman–Crippen LogP) is 3.01. The molecule has 1 aliphatic carbocycles. The molecule has 1 saturated carbocycles. The molecule has 82 valence electrons. The van der Waals surface area contributed by atoms with Crippen LogP contribution in [0, 0.1) is 11.2 Å². The van der Waals surface area contributed by atoms with Gasteiger partial charge in [-0.15, -0.1) is 0 Å². The number of hydrogen-bond acceptors (Lipinski definition) is 2. The molecular weight excluding hydrogens is 191 g/mol. The van der Waals surface area contributed by atoms with Crippen molar-refractivity contribution in [1.82, 2.24) is 0 Å². The van der Waals surface area contributed by atoms with Crippen molar-refractivity contribution in [2.75, 3.05) is 17.6 Å². The van der Waals surface area contributed by atoms with E-state index in [4.69, 9.17) is 5.73 Å².